The van der Waals surface area contributed by atoms with Gasteiger partial charge >= 0.3 is 0 Å². The third kappa shape index (κ3) is 3.31. The first kappa shape index (κ1) is 15.8. The number of hydrogen-bond acceptors (Lipinski definition) is 4. The van der Waals surface area contributed by atoms with Crippen molar-refractivity contribution >= 4 is 5.82 Å². The SMILES string of the molecule is COc1ccccc1C1CCN(c2cc(C)nc(C(C)C)n2)C1. The van der Waals surface area contributed by atoms with Crippen LogP contribution in [0.2, 0.25) is 0 Å². The monoisotopic (exact) mass is 311 g/mol. The van der Waals surface area contributed by atoms with Gasteiger partial charge in [-0.05, 0) is 25.0 Å². The Hall–Kier alpha value is -2.10. The fourth-order valence-electron chi connectivity index (χ4n) is 3.22. The average Bonchev–Trinajstić information content (AvgIpc) is 3.04. The Morgan fingerprint density at radius 3 is 2.74 bits per heavy atom. The molecule has 1 fully saturated rings. The highest BCUT2D eigenvalue weighted by atomic mass is 16.5. The Bertz CT molecular complexity index is 684. The van der Waals surface area contributed by atoms with Gasteiger partial charge in [-0.1, -0.05) is 32.0 Å². The standard InChI is InChI=1S/C19H25N3O/c1-13(2)19-20-14(3)11-18(21-19)22-10-9-15(12-22)16-7-5-6-8-17(16)23-4/h5-8,11,13,15H,9-10,12H2,1-4H3. The Morgan fingerprint density at radius 2 is 2.00 bits per heavy atom. The van der Waals surface area contributed by atoms with E-state index in [1.807, 2.05) is 19.1 Å². The maximum absolute atomic E-state index is 5.52. The fraction of sp³-hybridized carbons (Fsp3) is 0.474. The highest BCUT2D eigenvalue weighted by Gasteiger charge is 2.27. The minimum absolute atomic E-state index is 0.348. The van der Waals surface area contributed by atoms with Gasteiger partial charge in [0.25, 0.3) is 0 Å². The maximum atomic E-state index is 5.52. The molecule has 0 N–H and O–H groups in total. The summed E-state index contributed by atoms with van der Waals surface area (Å²) in [6.07, 6.45) is 1.13. The minimum Gasteiger partial charge on any atom is -0.496 e. The number of para-hydroxylation sites is 1. The molecule has 1 aromatic carbocycles. The Balaban J connectivity index is 1.83. The number of rotatable bonds is 4. The summed E-state index contributed by atoms with van der Waals surface area (Å²) < 4.78 is 5.52. The summed E-state index contributed by atoms with van der Waals surface area (Å²) in [6.45, 7) is 8.33. The van der Waals surface area contributed by atoms with E-state index in [0.29, 0.717) is 11.8 Å². The topological polar surface area (TPSA) is 38.2 Å². The molecule has 0 bridgehead atoms. The van der Waals surface area contributed by atoms with Crippen LogP contribution in [0.3, 0.4) is 0 Å². The van der Waals surface area contributed by atoms with Gasteiger partial charge in [0.05, 0.1) is 7.11 Å². The van der Waals surface area contributed by atoms with E-state index in [0.717, 1.165) is 42.6 Å². The largest absolute Gasteiger partial charge is 0.496 e. The van der Waals surface area contributed by atoms with Crippen LogP contribution in [-0.2, 0) is 0 Å². The second-order valence-corrected chi connectivity index (χ2v) is 6.55. The summed E-state index contributed by atoms with van der Waals surface area (Å²) in [5.74, 6) is 3.81. The van der Waals surface area contributed by atoms with Gasteiger partial charge < -0.3 is 9.64 Å². The molecule has 1 unspecified atom stereocenters. The second kappa shape index (κ2) is 6.57. The lowest BCUT2D eigenvalue weighted by molar-refractivity contribution is 0.406. The van der Waals surface area contributed by atoms with Crippen molar-refractivity contribution in [3.05, 3.63) is 47.4 Å². The van der Waals surface area contributed by atoms with E-state index in [1.165, 1.54) is 5.56 Å². The third-order valence-corrected chi connectivity index (χ3v) is 4.47. The lowest BCUT2D eigenvalue weighted by Crippen LogP contribution is -2.21. The summed E-state index contributed by atoms with van der Waals surface area (Å²) >= 11 is 0. The van der Waals surface area contributed by atoms with Crippen LogP contribution in [0.1, 0.15) is 49.2 Å². The lowest BCUT2D eigenvalue weighted by Gasteiger charge is -2.20. The molecule has 1 saturated heterocycles. The van der Waals surface area contributed by atoms with Crippen LogP contribution in [0.5, 0.6) is 5.75 Å². The molecule has 1 atom stereocenters. The molecule has 4 heteroatoms. The van der Waals surface area contributed by atoms with E-state index in [2.05, 4.69) is 41.9 Å². The van der Waals surface area contributed by atoms with E-state index in [9.17, 15) is 0 Å². The van der Waals surface area contributed by atoms with Gasteiger partial charge in [0.15, 0.2) is 0 Å². The van der Waals surface area contributed by atoms with Crippen LogP contribution >= 0.6 is 0 Å². The average molecular weight is 311 g/mol. The molecule has 2 aromatic rings. The number of ether oxygens (including phenoxy) is 1. The van der Waals surface area contributed by atoms with E-state index in [1.54, 1.807) is 7.11 Å². The first-order valence-corrected chi connectivity index (χ1v) is 8.32. The van der Waals surface area contributed by atoms with E-state index in [4.69, 9.17) is 9.72 Å². The van der Waals surface area contributed by atoms with Crippen LogP contribution in [0.15, 0.2) is 30.3 Å². The Labute approximate surface area is 138 Å². The Kier molecular flexibility index (Phi) is 4.51. The number of aromatic nitrogens is 2. The zero-order valence-electron chi connectivity index (χ0n) is 14.4. The number of aryl methyl sites for hydroxylation is 1. The van der Waals surface area contributed by atoms with Gasteiger partial charge in [0.2, 0.25) is 0 Å². The normalized spacial score (nSPS) is 17.8. The van der Waals surface area contributed by atoms with Gasteiger partial charge in [-0.25, -0.2) is 9.97 Å². The van der Waals surface area contributed by atoms with Crippen molar-refractivity contribution in [2.24, 2.45) is 0 Å². The molecule has 1 aliphatic rings. The zero-order valence-corrected chi connectivity index (χ0v) is 14.4. The lowest BCUT2D eigenvalue weighted by atomic mass is 9.97. The van der Waals surface area contributed by atoms with Crippen LogP contribution < -0.4 is 9.64 Å². The second-order valence-electron chi connectivity index (χ2n) is 6.55. The van der Waals surface area contributed by atoms with E-state index >= 15 is 0 Å². The molecule has 3 rings (SSSR count). The molecule has 0 radical (unpaired) electrons. The molecule has 0 spiro atoms. The molecular weight excluding hydrogens is 286 g/mol. The van der Waals surface area contributed by atoms with Crippen molar-refractivity contribution in [2.75, 3.05) is 25.1 Å². The molecule has 0 saturated carbocycles. The van der Waals surface area contributed by atoms with Gasteiger partial charge in [-0.2, -0.15) is 0 Å². The quantitative estimate of drug-likeness (QED) is 0.858. The maximum Gasteiger partial charge on any atom is 0.133 e. The van der Waals surface area contributed by atoms with Gasteiger partial charge in [-0.3, -0.25) is 0 Å². The Morgan fingerprint density at radius 1 is 1.22 bits per heavy atom. The summed E-state index contributed by atoms with van der Waals surface area (Å²) in [6, 6.07) is 10.4. The summed E-state index contributed by atoms with van der Waals surface area (Å²) in [5, 5.41) is 0. The number of methoxy groups -OCH3 is 1. The smallest absolute Gasteiger partial charge is 0.133 e. The molecule has 0 amide bonds. The van der Waals surface area contributed by atoms with Crippen molar-refractivity contribution in [3.63, 3.8) is 0 Å². The van der Waals surface area contributed by atoms with Crippen LogP contribution in [0.25, 0.3) is 0 Å². The van der Waals surface area contributed by atoms with Crippen molar-refractivity contribution in [1.29, 1.82) is 0 Å². The summed E-state index contributed by atoms with van der Waals surface area (Å²) in [4.78, 5) is 11.7. The molecular formula is C19H25N3O. The zero-order chi connectivity index (χ0) is 16.4. The van der Waals surface area contributed by atoms with Crippen molar-refractivity contribution in [1.82, 2.24) is 9.97 Å². The van der Waals surface area contributed by atoms with Crippen molar-refractivity contribution in [2.45, 2.75) is 39.0 Å². The third-order valence-electron chi connectivity index (χ3n) is 4.47. The molecule has 1 aromatic heterocycles. The number of anilines is 1. The minimum atomic E-state index is 0.348. The van der Waals surface area contributed by atoms with Crippen molar-refractivity contribution < 1.29 is 4.74 Å². The van der Waals surface area contributed by atoms with Gasteiger partial charge in [0.1, 0.15) is 17.4 Å². The van der Waals surface area contributed by atoms with Gasteiger partial charge in [-0.15, -0.1) is 0 Å². The highest BCUT2D eigenvalue weighted by molar-refractivity contribution is 5.45. The highest BCUT2D eigenvalue weighted by Crippen LogP contribution is 2.35. The first-order valence-electron chi connectivity index (χ1n) is 8.32. The predicted molar refractivity (Wildman–Crippen MR) is 93.4 cm³/mol. The van der Waals surface area contributed by atoms with E-state index < -0.39 is 0 Å². The molecule has 0 aliphatic carbocycles. The molecule has 2 heterocycles. The molecule has 1 aliphatic heterocycles. The summed E-state index contributed by atoms with van der Waals surface area (Å²) in [5.41, 5.74) is 2.34. The summed E-state index contributed by atoms with van der Waals surface area (Å²) in [7, 11) is 1.74. The number of nitrogens with zero attached hydrogens (tertiary/aromatic N) is 3. The van der Waals surface area contributed by atoms with Crippen LogP contribution in [-0.4, -0.2) is 30.2 Å². The number of benzene rings is 1. The predicted octanol–water partition coefficient (Wildman–Crippen LogP) is 3.91. The fourth-order valence-corrected chi connectivity index (χ4v) is 3.22. The van der Waals surface area contributed by atoms with E-state index in [-0.39, 0.29) is 0 Å². The molecule has 4 nitrogen and oxygen atoms in total. The van der Waals surface area contributed by atoms with Gasteiger partial charge in [0, 0.05) is 36.7 Å². The first-order chi connectivity index (χ1) is 11.1. The number of hydrogen-bond donors (Lipinski definition) is 0. The van der Waals surface area contributed by atoms with Crippen LogP contribution in [0.4, 0.5) is 5.82 Å². The van der Waals surface area contributed by atoms with Crippen molar-refractivity contribution in [3.8, 4) is 5.75 Å². The van der Waals surface area contributed by atoms with Crippen LogP contribution in [0, 0.1) is 6.92 Å². The molecule has 23 heavy (non-hydrogen) atoms. The molecule has 122 valence electrons.